The van der Waals surface area contributed by atoms with E-state index in [1.54, 1.807) is 26.2 Å². The first-order valence-electron chi connectivity index (χ1n) is 9.19. The molecule has 0 aliphatic heterocycles. The molecule has 1 atom stereocenters. The third-order valence-corrected chi connectivity index (χ3v) is 5.23. The van der Waals surface area contributed by atoms with E-state index in [-0.39, 0.29) is 17.6 Å². The highest BCUT2D eigenvalue weighted by molar-refractivity contribution is 6.07. The molecule has 4 heteroatoms. The topological polar surface area (TPSA) is 55.4 Å². The fourth-order valence-electron chi connectivity index (χ4n) is 3.25. The molecule has 2 aromatic rings. The van der Waals surface area contributed by atoms with Gasteiger partial charge in [-0.25, -0.2) is 0 Å². The normalized spacial score (nSPS) is 13.2. The van der Waals surface area contributed by atoms with E-state index in [1.165, 1.54) is 0 Å². The number of ketones is 1. The van der Waals surface area contributed by atoms with Gasteiger partial charge < -0.3 is 10.1 Å². The average molecular weight is 367 g/mol. The molecule has 0 aliphatic rings. The predicted octanol–water partition coefficient (Wildman–Crippen LogP) is 4.65. The maximum Gasteiger partial charge on any atom is 0.252 e. The minimum absolute atomic E-state index is 0.0827. The Hall–Kier alpha value is -2.62. The molecule has 0 aliphatic carbocycles. The monoisotopic (exact) mass is 367 g/mol. The van der Waals surface area contributed by atoms with Crippen LogP contribution >= 0.6 is 0 Å². The molecule has 0 radical (unpaired) electrons. The average Bonchev–Trinajstić information content (AvgIpc) is 2.59. The van der Waals surface area contributed by atoms with Crippen LogP contribution in [-0.4, -0.2) is 24.3 Å². The molecule has 4 nitrogen and oxygen atoms in total. The Kier molecular flexibility index (Phi) is 6.09. The maximum atomic E-state index is 13.3. The van der Waals surface area contributed by atoms with E-state index in [9.17, 15) is 9.59 Å². The summed E-state index contributed by atoms with van der Waals surface area (Å²) in [5, 5.41) is 2.99. The van der Waals surface area contributed by atoms with Crippen LogP contribution in [-0.2, 0) is 0 Å². The summed E-state index contributed by atoms with van der Waals surface area (Å²) in [5.74, 6) is 0.203. The quantitative estimate of drug-likeness (QED) is 0.756. The first-order chi connectivity index (χ1) is 12.6. The van der Waals surface area contributed by atoms with Crippen molar-refractivity contribution in [2.75, 3.05) is 7.11 Å². The molecular formula is C23H29NO3. The van der Waals surface area contributed by atoms with Crippen molar-refractivity contribution < 1.29 is 14.3 Å². The van der Waals surface area contributed by atoms with E-state index in [0.29, 0.717) is 16.9 Å². The van der Waals surface area contributed by atoms with Crippen molar-refractivity contribution in [3.8, 4) is 5.75 Å². The van der Waals surface area contributed by atoms with Crippen LogP contribution in [0.5, 0.6) is 5.75 Å². The highest BCUT2D eigenvalue weighted by atomic mass is 16.5. The molecule has 0 saturated heterocycles. The van der Waals surface area contributed by atoms with Crippen LogP contribution in [0.4, 0.5) is 0 Å². The number of hydrogen-bond acceptors (Lipinski definition) is 3. The predicted molar refractivity (Wildman–Crippen MR) is 109 cm³/mol. The lowest BCUT2D eigenvalue weighted by atomic mass is 9.80. The molecule has 1 amide bonds. The van der Waals surface area contributed by atoms with Gasteiger partial charge in [-0.1, -0.05) is 37.1 Å². The van der Waals surface area contributed by atoms with Crippen LogP contribution in [0, 0.1) is 26.7 Å². The van der Waals surface area contributed by atoms with Crippen molar-refractivity contribution in [2.24, 2.45) is 5.92 Å². The van der Waals surface area contributed by atoms with Crippen LogP contribution in [0.1, 0.15) is 58.2 Å². The molecule has 0 saturated carbocycles. The zero-order chi connectivity index (χ0) is 20.4. The van der Waals surface area contributed by atoms with Crippen LogP contribution < -0.4 is 10.1 Å². The second kappa shape index (κ2) is 7.95. The fourth-order valence-corrected chi connectivity index (χ4v) is 3.25. The Bertz CT molecular complexity index is 850. The Morgan fingerprint density at radius 1 is 1.04 bits per heavy atom. The number of ether oxygens (including phenoxy) is 1. The van der Waals surface area contributed by atoms with Gasteiger partial charge in [0.1, 0.15) is 11.3 Å². The Morgan fingerprint density at radius 2 is 1.63 bits per heavy atom. The van der Waals surface area contributed by atoms with E-state index >= 15 is 0 Å². The molecule has 2 aromatic carbocycles. The van der Waals surface area contributed by atoms with Crippen molar-refractivity contribution in [2.45, 2.75) is 47.1 Å². The van der Waals surface area contributed by atoms with Crippen LogP contribution in [0.25, 0.3) is 0 Å². The van der Waals surface area contributed by atoms with Gasteiger partial charge in [0.25, 0.3) is 5.91 Å². The standard InChI is InChI=1S/C23H29NO3/c1-14(2)23(6,21(25)18-12-15(3)11-16(4)13-18)24-22(26)19-9-8-10-20(27-7)17(19)5/h8-14H,1-7H3,(H,24,26). The number of methoxy groups -OCH3 is 1. The summed E-state index contributed by atoms with van der Waals surface area (Å²) in [5.41, 5.74) is 2.91. The van der Waals surface area contributed by atoms with Crippen molar-refractivity contribution in [1.29, 1.82) is 0 Å². The number of nitrogens with one attached hydrogen (secondary N) is 1. The van der Waals surface area contributed by atoms with E-state index < -0.39 is 5.54 Å². The van der Waals surface area contributed by atoms with Crippen molar-refractivity contribution in [3.63, 3.8) is 0 Å². The van der Waals surface area contributed by atoms with Gasteiger partial charge in [-0.05, 0) is 57.9 Å². The number of rotatable bonds is 6. The molecule has 0 bridgehead atoms. The Morgan fingerprint density at radius 3 is 2.15 bits per heavy atom. The molecular weight excluding hydrogens is 338 g/mol. The van der Waals surface area contributed by atoms with E-state index in [2.05, 4.69) is 5.32 Å². The number of Topliss-reactive ketones (excluding diaryl/α,β-unsaturated/α-hetero) is 1. The number of benzene rings is 2. The van der Waals surface area contributed by atoms with Crippen LogP contribution in [0.2, 0.25) is 0 Å². The largest absolute Gasteiger partial charge is 0.496 e. The van der Waals surface area contributed by atoms with Gasteiger partial charge in [0.2, 0.25) is 0 Å². The number of carbonyl (C=O) groups is 2. The summed E-state index contributed by atoms with van der Waals surface area (Å²) in [7, 11) is 1.58. The van der Waals surface area contributed by atoms with E-state index in [4.69, 9.17) is 4.74 Å². The number of amides is 1. The Labute approximate surface area is 161 Å². The van der Waals surface area contributed by atoms with Crippen LogP contribution in [0.15, 0.2) is 36.4 Å². The minimum Gasteiger partial charge on any atom is -0.496 e. The highest BCUT2D eigenvalue weighted by Crippen LogP contribution is 2.26. The summed E-state index contributed by atoms with van der Waals surface area (Å²) in [6.45, 7) is 11.5. The van der Waals surface area contributed by atoms with Crippen molar-refractivity contribution in [1.82, 2.24) is 5.32 Å². The first kappa shape index (κ1) is 20.7. The van der Waals surface area contributed by atoms with E-state index in [0.717, 1.165) is 16.7 Å². The SMILES string of the molecule is COc1cccc(C(=O)NC(C)(C(=O)c2cc(C)cc(C)c2)C(C)C)c1C. The Balaban J connectivity index is 2.41. The minimum atomic E-state index is -1.02. The maximum absolute atomic E-state index is 13.3. The second-order valence-corrected chi connectivity index (χ2v) is 7.65. The van der Waals surface area contributed by atoms with Gasteiger partial charge in [-0.15, -0.1) is 0 Å². The third kappa shape index (κ3) is 4.21. The zero-order valence-electron chi connectivity index (χ0n) is 17.3. The van der Waals surface area contributed by atoms with E-state index in [1.807, 2.05) is 58.9 Å². The number of hydrogen-bond donors (Lipinski definition) is 1. The van der Waals surface area contributed by atoms with Crippen LogP contribution in [0.3, 0.4) is 0 Å². The molecule has 144 valence electrons. The number of aryl methyl sites for hydroxylation is 2. The van der Waals surface area contributed by atoms with Gasteiger partial charge >= 0.3 is 0 Å². The van der Waals surface area contributed by atoms with Gasteiger partial charge in [0.15, 0.2) is 5.78 Å². The second-order valence-electron chi connectivity index (χ2n) is 7.65. The zero-order valence-corrected chi connectivity index (χ0v) is 17.3. The highest BCUT2D eigenvalue weighted by Gasteiger charge is 2.39. The third-order valence-electron chi connectivity index (χ3n) is 5.23. The van der Waals surface area contributed by atoms with Gasteiger partial charge in [-0.2, -0.15) is 0 Å². The summed E-state index contributed by atoms with van der Waals surface area (Å²) in [6, 6.07) is 11.1. The lowest BCUT2D eigenvalue weighted by Crippen LogP contribution is -2.56. The smallest absolute Gasteiger partial charge is 0.252 e. The molecule has 27 heavy (non-hydrogen) atoms. The first-order valence-corrected chi connectivity index (χ1v) is 9.19. The molecule has 0 spiro atoms. The lowest BCUT2D eigenvalue weighted by molar-refractivity contribution is 0.0729. The molecule has 2 rings (SSSR count). The molecule has 1 unspecified atom stereocenters. The molecule has 1 N–H and O–H groups in total. The summed E-state index contributed by atoms with van der Waals surface area (Å²) < 4.78 is 5.31. The summed E-state index contributed by atoms with van der Waals surface area (Å²) in [6.07, 6.45) is 0. The van der Waals surface area contributed by atoms with Crippen molar-refractivity contribution >= 4 is 11.7 Å². The summed E-state index contributed by atoms with van der Waals surface area (Å²) in [4.78, 5) is 26.4. The molecule has 0 aromatic heterocycles. The fraction of sp³-hybridized carbons (Fsp3) is 0.391. The lowest BCUT2D eigenvalue weighted by Gasteiger charge is -2.34. The van der Waals surface area contributed by atoms with Gasteiger partial charge in [0, 0.05) is 16.7 Å². The molecule has 0 heterocycles. The van der Waals surface area contributed by atoms with Crippen molar-refractivity contribution in [3.05, 3.63) is 64.2 Å². The number of carbonyl (C=O) groups excluding carboxylic acids is 2. The van der Waals surface area contributed by atoms with Gasteiger partial charge in [-0.3, -0.25) is 9.59 Å². The van der Waals surface area contributed by atoms with Gasteiger partial charge in [0.05, 0.1) is 7.11 Å². The summed E-state index contributed by atoms with van der Waals surface area (Å²) >= 11 is 0. The molecule has 0 fully saturated rings.